The van der Waals surface area contributed by atoms with Crippen molar-refractivity contribution in [2.24, 2.45) is 7.05 Å². The maximum absolute atomic E-state index is 13.4. The molecule has 2 aromatic carbocycles. The molecule has 2 N–H and O–H groups in total. The van der Waals surface area contributed by atoms with E-state index in [1.54, 1.807) is 42.3 Å². The fraction of sp³-hybridized carbons (Fsp3) is 0.273. The molecule has 1 aliphatic rings. The molecule has 174 valence electrons. The van der Waals surface area contributed by atoms with Crippen LogP contribution in [0.5, 0.6) is 5.75 Å². The van der Waals surface area contributed by atoms with Gasteiger partial charge in [0.05, 0.1) is 10.0 Å². The Kier molecular flexibility index (Phi) is 6.90. The highest BCUT2D eigenvalue weighted by molar-refractivity contribution is 6.42. The molecular formula is C22H21Cl3N4O4. The number of rotatable bonds is 7. The van der Waals surface area contributed by atoms with Gasteiger partial charge < -0.3 is 20.1 Å². The molecule has 0 aliphatic carbocycles. The lowest BCUT2D eigenvalue weighted by molar-refractivity contribution is 0.228. The summed E-state index contributed by atoms with van der Waals surface area (Å²) in [5.41, 5.74) is 0.214. The molecule has 1 atom stereocenters. The van der Waals surface area contributed by atoms with Crippen LogP contribution in [0, 0.1) is 0 Å². The molecule has 0 radical (unpaired) electrons. The van der Waals surface area contributed by atoms with E-state index >= 15 is 0 Å². The van der Waals surface area contributed by atoms with E-state index in [2.05, 4.69) is 5.32 Å². The molecule has 4 rings (SSSR count). The van der Waals surface area contributed by atoms with Gasteiger partial charge in [0.15, 0.2) is 0 Å². The van der Waals surface area contributed by atoms with Crippen LogP contribution in [-0.4, -0.2) is 27.2 Å². The zero-order valence-corrected chi connectivity index (χ0v) is 19.9. The average Bonchev–Trinajstić information content (AvgIpc) is 3.14. The van der Waals surface area contributed by atoms with Crippen LogP contribution >= 0.6 is 34.8 Å². The van der Waals surface area contributed by atoms with Crippen molar-refractivity contribution >= 4 is 46.3 Å². The van der Waals surface area contributed by atoms with Gasteiger partial charge in [0.2, 0.25) is 0 Å². The lowest BCUT2D eigenvalue weighted by atomic mass is 10.2. The fourth-order valence-corrected chi connectivity index (χ4v) is 4.05. The predicted molar refractivity (Wildman–Crippen MR) is 130 cm³/mol. The first-order valence-corrected chi connectivity index (χ1v) is 11.3. The largest absolute Gasteiger partial charge is 0.452 e. The van der Waals surface area contributed by atoms with E-state index in [1.165, 1.54) is 4.57 Å². The van der Waals surface area contributed by atoms with Gasteiger partial charge in [-0.1, -0.05) is 46.9 Å². The molecule has 0 bridgehead atoms. The number of ether oxygens (including phenoxy) is 1. The van der Waals surface area contributed by atoms with Crippen molar-refractivity contribution in [1.29, 1.82) is 0 Å². The van der Waals surface area contributed by atoms with Crippen LogP contribution in [0.3, 0.4) is 0 Å². The summed E-state index contributed by atoms with van der Waals surface area (Å²) >= 11 is 18.2. The molecule has 0 fully saturated rings. The second-order valence-corrected chi connectivity index (χ2v) is 8.77. The molecular weight excluding hydrogens is 491 g/mol. The third kappa shape index (κ3) is 4.70. The first-order chi connectivity index (χ1) is 15.8. The van der Waals surface area contributed by atoms with E-state index in [0.29, 0.717) is 33.2 Å². The monoisotopic (exact) mass is 510 g/mol. The lowest BCUT2D eigenvalue weighted by Crippen LogP contribution is -2.43. The van der Waals surface area contributed by atoms with Crippen LogP contribution in [0.15, 0.2) is 52.1 Å². The van der Waals surface area contributed by atoms with E-state index in [0.717, 1.165) is 10.1 Å². The van der Waals surface area contributed by atoms with E-state index in [4.69, 9.17) is 39.5 Å². The number of fused-ring (bicyclic) bond motifs is 1. The fourth-order valence-electron chi connectivity index (χ4n) is 3.63. The van der Waals surface area contributed by atoms with Gasteiger partial charge in [0.25, 0.3) is 11.9 Å². The minimum atomic E-state index is -0.806. The average molecular weight is 512 g/mol. The van der Waals surface area contributed by atoms with Crippen molar-refractivity contribution in [2.75, 3.05) is 16.8 Å². The van der Waals surface area contributed by atoms with Gasteiger partial charge in [0.1, 0.15) is 17.3 Å². The molecule has 0 amide bonds. The Bertz CT molecular complexity index is 1290. The molecule has 0 saturated carbocycles. The molecule has 0 spiro atoms. The normalized spacial score (nSPS) is 14.8. The number of anilines is 2. The number of aliphatic hydroxyl groups excluding tert-OH is 1. The number of nitrogens with zero attached hydrogens (tertiary/aromatic N) is 3. The summed E-state index contributed by atoms with van der Waals surface area (Å²) in [6.45, 7) is 0.265. The SMILES string of the molecule is Cn1c2c(c(=O)n(CCCO)c1=O)N(Cc1ccc(Cl)cc1)C(Oc1ccc(Cl)c(Cl)c1)N2. The third-order valence-electron chi connectivity index (χ3n) is 5.30. The Morgan fingerprint density at radius 2 is 1.79 bits per heavy atom. The minimum Gasteiger partial charge on any atom is -0.452 e. The number of aromatic nitrogens is 2. The molecule has 3 aromatic rings. The standard InChI is InChI=1S/C22H21Cl3N4O4/c1-27-19-18(20(31)28(22(27)32)9-2-10-30)29(12-13-3-5-14(23)6-4-13)21(26-19)33-15-7-8-16(24)17(25)11-15/h3-8,11,21,26,30H,2,9-10,12H2,1H3. The number of aliphatic hydroxyl groups is 1. The molecule has 8 nitrogen and oxygen atoms in total. The number of hydrogen-bond acceptors (Lipinski definition) is 6. The van der Waals surface area contributed by atoms with Crippen LogP contribution in [0.4, 0.5) is 11.5 Å². The van der Waals surface area contributed by atoms with Gasteiger partial charge in [-0.25, -0.2) is 4.79 Å². The topological polar surface area (TPSA) is 88.7 Å². The van der Waals surface area contributed by atoms with Crippen molar-refractivity contribution in [3.8, 4) is 5.75 Å². The van der Waals surface area contributed by atoms with Crippen LogP contribution in [-0.2, 0) is 20.1 Å². The van der Waals surface area contributed by atoms with Crippen LogP contribution in [0.25, 0.3) is 0 Å². The highest BCUT2D eigenvalue weighted by Gasteiger charge is 2.36. The van der Waals surface area contributed by atoms with Crippen molar-refractivity contribution < 1.29 is 9.84 Å². The summed E-state index contributed by atoms with van der Waals surface area (Å²) < 4.78 is 8.60. The lowest BCUT2D eigenvalue weighted by Gasteiger charge is -2.26. The van der Waals surface area contributed by atoms with Crippen molar-refractivity contribution in [2.45, 2.75) is 25.9 Å². The van der Waals surface area contributed by atoms with E-state index < -0.39 is 17.6 Å². The highest BCUT2D eigenvalue weighted by atomic mass is 35.5. The van der Waals surface area contributed by atoms with Gasteiger partial charge in [0, 0.05) is 37.8 Å². The summed E-state index contributed by atoms with van der Waals surface area (Å²) in [6, 6.07) is 12.1. The first kappa shape index (κ1) is 23.5. The predicted octanol–water partition coefficient (Wildman–Crippen LogP) is 3.68. The van der Waals surface area contributed by atoms with Gasteiger partial charge in [-0.05, 0) is 36.2 Å². The smallest absolute Gasteiger partial charge is 0.332 e. The number of benzene rings is 2. The molecule has 1 unspecified atom stereocenters. The second kappa shape index (κ2) is 9.69. The molecule has 1 aliphatic heterocycles. The number of hydrogen-bond donors (Lipinski definition) is 2. The summed E-state index contributed by atoms with van der Waals surface area (Å²) in [4.78, 5) is 27.9. The minimum absolute atomic E-state index is 0.0996. The maximum Gasteiger partial charge on any atom is 0.332 e. The van der Waals surface area contributed by atoms with Crippen molar-refractivity contribution in [1.82, 2.24) is 9.13 Å². The Morgan fingerprint density at radius 1 is 1.06 bits per heavy atom. The van der Waals surface area contributed by atoms with Crippen LogP contribution < -0.4 is 26.2 Å². The van der Waals surface area contributed by atoms with Gasteiger partial charge >= 0.3 is 5.69 Å². The Morgan fingerprint density at radius 3 is 2.45 bits per heavy atom. The Balaban J connectivity index is 1.78. The van der Waals surface area contributed by atoms with Gasteiger partial charge in [-0.3, -0.25) is 13.9 Å². The zero-order chi connectivity index (χ0) is 23.7. The molecule has 0 saturated heterocycles. The molecule has 2 heterocycles. The second-order valence-electron chi connectivity index (χ2n) is 7.52. The summed E-state index contributed by atoms with van der Waals surface area (Å²) in [5, 5.41) is 13.6. The molecule has 11 heteroatoms. The zero-order valence-electron chi connectivity index (χ0n) is 17.6. The van der Waals surface area contributed by atoms with E-state index in [1.807, 2.05) is 12.1 Å². The number of nitrogens with one attached hydrogen (secondary N) is 1. The third-order valence-corrected chi connectivity index (χ3v) is 6.29. The summed E-state index contributed by atoms with van der Waals surface area (Å²) in [5.74, 6) is 0.769. The van der Waals surface area contributed by atoms with Crippen LogP contribution in [0.2, 0.25) is 15.1 Å². The maximum atomic E-state index is 13.4. The van der Waals surface area contributed by atoms with Crippen LogP contribution in [0.1, 0.15) is 12.0 Å². The highest BCUT2D eigenvalue weighted by Crippen LogP contribution is 2.34. The Hall–Kier alpha value is -2.65. The molecule has 1 aromatic heterocycles. The summed E-state index contributed by atoms with van der Waals surface area (Å²) in [6.07, 6.45) is -0.526. The van der Waals surface area contributed by atoms with Crippen molar-refractivity contribution in [3.05, 3.63) is 83.9 Å². The quantitative estimate of drug-likeness (QED) is 0.503. The number of halogens is 3. The van der Waals surface area contributed by atoms with Gasteiger partial charge in [-0.15, -0.1) is 0 Å². The molecule has 33 heavy (non-hydrogen) atoms. The Labute approximate surface area is 204 Å². The van der Waals surface area contributed by atoms with E-state index in [9.17, 15) is 14.7 Å². The summed E-state index contributed by atoms with van der Waals surface area (Å²) in [7, 11) is 1.57. The van der Waals surface area contributed by atoms with Crippen molar-refractivity contribution in [3.63, 3.8) is 0 Å². The van der Waals surface area contributed by atoms with E-state index in [-0.39, 0.29) is 25.3 Å². The van der Waals surface area contributed by atoms with Gasteiger partial charge in [-0.2, -0.15) is 0 Å². The first-order valence-electron chi connectivity index (χ1n) is 10.1.